The number of carbonyl (C=O) groups is 2. The van der Waals surface area contributed by atoms with E-state index in [-0.39, 0.29) is 29.5 Å². The molecule has 0 aliphatic carbocycles. The summed E-state index contributed by atoms with van der Waals surface area (Å²) in [6.07, 6.45) is 0.241. The fraction of sp³-hybridized carbons (Fsp3) is 0.364. The normalized spacial score (nSPS) is 21.2. The summed E-state index contributed by atoms with van der Waals surface area (Å²) in [5.41, 5.74) is 1.84. The van der Waals surface area contributed by atoms with Crippen molar-refractivity contribution in [3.8, 4) is 11.5 Å². The molecule has 2 atom stereocenters. The van der Waals surface area contributed by atoms with Gasteiger partial charge in [-0.15, -0.1) is 11.8 Å². The number of rotatable bonds is 5. The van der Waals surface area contributed by atoms with Gasteiger partial charge in [0.1, 0.15) is 16.9 Å². The molecule has 30 heavy (non-hydrogen) atoms. The van der Waals surface area contributed by atoms with Crippen LogP contribution in [0.1, 0.15) is 17.4 Å². The second-order valence-corrected chi connectivity index (χ2v) is 9.29. The lowest BCUT2D eigenvalue weighted by molar-refractivity contribution is -0.136. The first-order valence-corrected chi connectivity index (χ1v) is 11.6. The van der Waals surface area contributed by atoms with Gasteiger partial charge in [-0.1, -0.05) is 6.07 Å². The first-order chi connectivity index (χ1) is 14.5. The highest BCUT2D eigenvalue weighted by Gasteiger charge is 2.41. The van der Waals surface area contributed by atoms with E-state index in [2.05, 4.69) is 15.9 Å². The van der Waals surface area contributed by atoms with E-state index >= 15 is 0 Å². The van der Waals surface area contributed by atoms with Crippen molar-refractivity contribution < 1.29 is 19.1 Å². The van der Waals surface area contributed by atoms with Crippen molar-refractivity contribution in [1.29, 1.82) is 0 Å². The molecule has 0 bridgehead atoms. The highest BCUT2D eigenvalue weighted by atomic mass is 79.9. The summed E-state index contributed by atoms with van der Waals surface area (Å²) < 4.78 is 11.4. The van der Waals surface area contributed by atoms with E-state index < -0.39 is 0 Å². The molecule has 2 aliphatic heterocycles. The lowest BCUT2D eigenvalue weighted by atomic mass is 10.1. The Hall–Kier alpha value is -2.19. The maximum absolute atomic E-state index is 13.3. The summed E-state index contributed by atoms with van der Waals surface area (Å²) >= 11 is 5.28. The Kier molecular flexibility index (Phi) is 6.24. The molecule has 158 valence electrons. The predicted molar refractivity (Wildman–Crippen MR) is 121 cm³/mol. The summed E-state index contributed by atoms with van der Waals surface area (Å²) in [7, 11) is 3.24. The van der Waals surface area contributed by atoms with Gasteiger partial charge in [0, 0.05) is 31.0 Å². The Bertz CT molecular complexity index is 953. The Morgan fingerprint density at radius 2 is 1.90 bits per heavy atom. The van der Waals surface area contributed by atoms with Crippen molar-refractivity contribution in [1.82, 2.24) is 4.90 Å². The molecule has 4 rings (SSSR count). The Morgan fingerprint density at radius 3 is 2.57 bits per heavy atom. The topological polar surface area (TPSA) is 59.1 Å². The fourth-order valence-corrected chi connectivity index (χ4v) is 5.74. The molecular formula is C22H23BrN2O4S. The monoisotopic (exact) mass is 490 g/mol. The summed E-state index contributed by atoms with van der Waals surface area (Å²) in [4.78, 5) is 29.6. The number of hydrogen-bond acceptors (Lipinski definition) is 5. The number of methoxy groups -OCH3 is 2. The van der Waals surface area contributed by atoms with Crippen LogP contribution in [0.25, 0.3) is 0 Å². The Morgan fingerprint density at radius 1 is 1.13 bits per heavy atom. The molecule has 0 radical (unpaired) electrons. The molecular weight excluding hydrogens is 468 g/mol. The fourth-order valence-electron chi connectivity index (χ4n) is 3.93. The van der Waals surface area contributed by atoms with E-state index in [1.54, 1.807) is 30.9 Å². The van der Waals surface area contributed by atoms with Gasteiger partial charge in [0.2, 0.25) is 11.8 Å². The predicted octanol–water partition coefficient (Wildman–Crippen LogP) is 4.09. The van der Waals surface area contributed by atoms with Crippen molar-refractivity contribution in [2.75, 3.05) is 38.0 Å². The van der Waals surface area contributed by atoms with E-state index in [0.717, 1.165) is 33.0 Å². The van der Waals surface area contributed by atoms with Gasteiger partial charge < -0.3 is 19.3 Å². The van der Waals surface area contributed by atoms with Crippen molar-refractivity contribution in [3.63, 3.8) is 0 Å². The minimum Gasteiger partial charge on any atom is -0.497 e. The SMILES string of the molecule is COc1ccc(N2CC(C(=O)N3CCSC3c3ccc(OC)c(Br)c3)CC2=O)cc1. The van der Waals surface area contributed by atoms with Crippen LogP contribution in [0.5, 0.6) is 11.5 Å². The van der Waals surface area contributed by atoms with Gasteiger partial charge >= 0.3 is 0 Å². The molecule has 6 nitrogen and oxygen atoms in total. The standard InChI is InChI=1S/C22H23BrN2O4S/c1-28-17-6-4-16(5-7-17)25-13-15(12-20(25)26)21(27)24-9-10-30-22(24)14-3-8-19(29-2)18(23)11-14/h3-8,11,15,22H,9-10,12-13H2,1-2H3. The highest BCUT2D eigenvalue weighted by Crippen LogP contribution is 2.42. The van der Waals surface area contributed by atoms with E-state index in [1.807, 2.05) is 47.4 Å². The zero-order valence-corrected chi connectivity index (χ0v) is 19.2. The highest BCUT2D eigenvalue weighted by molar-refractivity contribution is 9.10. The van der Waals surface area contributed by atoms with Gasteiger partial charge in [-0.25, -0.2) is 0 Å². The molecule has 8 heteroatoms. The molecule has 2 amide bonds. The Labute approximate surface area is 188 Å². The maximum atomic E-state index is 13.3. The second-order valence-electron chi connectivity index (χ2n) is 7.25. The van der Waals surface area contributed by atoms with Gasteiger partial charge in [0.25, 0.3) is 0 Å². The van der Waals surface area contributed by atoms with Crippen LogP contribution in [0.15, 0.2) is 46.9 Å². The largest absolute Gasteiger partial charge is 0.497 e. The number of ether oxygens (including phenoxy) is 2. The van der Waals surface area contributed by atoms with Gasteiger partial charge in [-0.05, 0) is 57.9 Å². The summed E-state index contributed by atoms with van der Waals surface area (Å²) in [6, 6.07) is 13.3. The van der Waals surface area contributed by atoms with Crippen molar-refractivity contribution in [2.45, 2.75) is 11.8 Å². The first-order valence-electron chi connectivity index (χ1n) is 9.71. The zero-order chi connectivity index (χ0) is 21.3. The van der Waals surface area contributed by atoms with Crippen molar-refractivity contribution in [3.05, 3.63) is 52.5 Å². The smallest absolute Gasteiger partial charge is 0.229 e. The average molecular weight is 491 g/mol. The number of amides is 2. The summed E-state index contributed by atoms with van der Waals surface area (Å²) in [5.74, 6) is 2.07. The third kappa shape index (κ3) is 4.03. The van der Waals surface area contributed by atoms with Crippen LogP contribution in [0.3, 0.4) is 0 Å². The minimum absolute atomic E-state index is 0.0193. The molecule has 2 fully saturated rings. The number of carbonyl (C=O) groups excluding carboxylic acids is 2. The second kappa shape index (κ2) is 8.89. The molecule has 2 saturated heterocycles. The number of anilines is 1. The Balaban J connectivity index is 1.49. The number of hydrogen-bond donors (Lipinski definition) is 0. The molecule has 2 heterocycles. The molecule has 0 N–H and O–H groups in total. The van der Waals surface area contributed by atoms with Gasteiger partial charge in [0.15, 0.2) is 0 Å². The van der Waals surface area contributed by atoms with Crippen LogP contribution >= 0.6 is 27.7 Å². The summed E-state index contributed by atoms with van der Waals surface area (Å²) in [6.45, 7) is 1.09. The van der Waals surface area contributed by atoms with E-state index in [0.29, 0.717) is 13.1 Å². The van der Waals surface area contributed by atoms with Crippen LogP contribution in [-0.4, -0.2) is 49.8 Å². The summed E-state index contributed by atoms with van der Waals surface area (Å²) in [5, 5.41) is -0.0511. The molecule has 0 spiro atoms. The van der Waals surface area contributed by atoms with Crippen molar-refractivity contribution in [2.24, 2.45) is 5.92 Å². The third-order valence-corrected chi connectivity index (χ3v) is 7.37. The van der Waals surface area contributed by atoms with Crippen LogP contribution in [0, 0.1) is 5.92 Å². The quantitative estimate of drug-likeness (QED) is 0.631. The van der Waals surface area contributed by atoms with Crippen LogP contribution in [-0.2, 0) is 9.59 Å². The lowest BCUT2D eigenvalue weighted by Crippen LogP contribution is -2.37. The third-order valence-electron chi connectivity index (χ3n) is 5.49. The maximum Gasteiger partial charge on any atom is 0.229 e. The molecule has 2 unspecified atom stereocenters. The van der Waals surface area contributed by atoms with Gasteiger partial charge in [-0.2, -0.15) is 0 Å². The van der Waals surface area contributed by atoms with Crippen LogP contribution < -0.4 is 14.4 Å². The number of nitrogens with zero attached hydrogens (tertiary/aromatic N) is 2. The number of thioether (sulfide) groups is 1. The van der Waals surface area contributed by atoms with Crippen molar-refractivity contribution >= 4 is 45.2 Å². The minimum atomic E-state index is -0.331. The number of halogens is 1. The molecule has 0 saturated carbocycles. The van der Waals surface area contributed by atoms with Crippen LogP contribution in [0.2, 0.25) is 0 Å². The zero-order valence-electron chi connectivity index (χ0n) is 16.8. The van der Waals surface area contributed by atoms with Crippen LogP contribution in [0.4, 0.5) is 5.69 Å². The van der Waals surface area contributed by atoms with Gasteiger partial charge in [-0.3, -0.25) is 9.59 Å². The first kappa shape index (κ1) is 21.1. The van der Waals surface area contributed by atoms with E-state index in [4.69, 9.17) is 9.47 Å². The molecule has 2 aliphatic rings. The number of benzene rings is 2. The lowest BCUT2D eigenvalue weighted by Gasteiger charge is -2.27. The van der Waals surface area contributed by atoms with E-state index in [1.165, 1.54) is 0 Å². The average Bonchev–Trinajstić information content (AvgIpc) is 3.40. The van der Waals surface area contributed by atoms with Gasteiger partial charge in [0.05, 0.1) is 24.6 Å². The molecule has 2 aromatic carbocycles. The molecule has 0 aromatic heterocycles. The van der Waals surface area contributed by atoms with E-state index in [9.17, 15) is 9.59 Å². The molecule has 2 aromatic rings.